The molecule has 0 saturated heterocycles. The maximum absolute atomic E-state index is 12.0. The maximum Gasteiger partial charge on any atom is 0.250 e. The highest BCUT2D eigenvalue weighted by Gasteiger charge is 2.19. The molecule has 132 valence electrons. The number of nitrogens with two attached hydrogens (primary N) is 1. The quantitative estimate of drug-likeness (QED) is 0.602. The Bertz CT molecular complexity index is 1110. The van der Waals surface area contributed by atoms with Crippen LogP contribution in [0, 0.1) is 0 Å². The summed E-state index contributed by atoms with van der Waals surface area (Å²) in [5, 5.41) is 0.791. The van der Waals surface area contributed by atoms with Gasteiger partial charge in [0.15, 0.2) is 5.65 Å². The van der Waals surface area contributed by atoms with Crippen LogP contribution in [-0.4, -0.2) is 20.9 Å². The summed E-state index contributed by atoms with van der Waals surface area (Å²) < 4.78 is 0. The molecule has 2 N–H and O–H groups in total. The zero-order chi connectivity index (χ0) is 18.8. The minimum atomic E-state index is -0.496. The standard InChI is InChI=1S/C22H18N4O/c1-14(17-9-10-19(25-13-17)15-6-3-2-4-7-15)20-18(21(23)27)12-16-8-5-11-24-22(16)26-20/h2-14H,1H3,(H2,23,27). The van der Waals surface area contributed by atoms with Gasteiger partial charge in [0.2, 0.25) is 0 Å². The molecule has 1 aromatic carbocycles. The van der Waals surface area contributed by atoms with Crippen molar-refractivity contribution in [3.63, 3.8) is 0 Å². The molecule has 5 nitrogen and oxygen atoms in total. The third kappa shape index (κ3) is 3.27. The molecule has 0 aliphatic rings. The average molecular weight is 354 g/mol. The lowest BCUT2D eigenvalue weighted by Crippen LogP contribution is -2.17. The van der Waals surface area contributed by atoms with E-state index in [1.54, 1.807) is 12.3 Å². The van der Waals surface area contributed by atoms with E-state index in [0.29, 0.717) is 16.9 Å². The molecule has 4 aromatic rings. The van der Waals surface area contributed by atoms with Crippen LogP contribution < -0.4 is 5.73 Å². The third-order valence-corrected chi connectivity index (χ3v) is 4.65. The van der Waals surface area contributed by atoms with Gasteiger partial charge in [-0.1, -0.05) is 43.3 Å². The maximum atomic E-state index is 12.0. The number of carbonyl (C=O) groups is 1. The first-order valence-electron chi connectivity index (χ1n) is 8.70. The second-order valence-electron chi connectivity index (χ2n) is 6.40. The van der Waals surface area contributed by atoms with Crippen molar-refractivity contribution in [3.8, 4) is 11.3 Å². The SMILES string of the molecule is CC(c1ccc(-c2ccccc2)nc1)c1nc2ncccc2cc1C(N)=O. The van der Waals surface area contributed by atoms with Crippen molar-refractivity contribution in [2.75, 3.05) is 0 Å². The highest BCUT2D eigenvalue weighted by Crippen LogP contribution is 2.28. The van der Waals surface area contributed by atoms with Gasteiger partial charge in [-0.3, -0.25) is 9.78 Å². The van der Waals surface area contributed by atoms with Gasteiger partial charge < -0.3 is 5.73 Å². The third-order valence-electron chi connectivity index (χ3n) is 4.65. The molecule has 5 heteroatoms. The van der Waals surface area contributed by atoms with Crippen LogP contribution in [-0.2, 0) is 0 Å². The summed E-state index contributed by atoms with van der Waals surface area (Å²) in [7, 11) is 0. The molecule has 0 aliphatic heterocycles. The molecule has 0 spiro atoms. The number of nitrogens with zero attached hydrogens (tertiary/aromatic N) is 3. The summed E-state index contributed by atoms with van der Waals surface area (Å²) in [6.45, 7) is 1.99. The van der Waals surface area contributed by atoms with E-state index in [4.69, 9.17) is 5.73 Å². The largest absolute Gasteiger partial charge is 0.366 e. The summed E-state index contributed by atoms with van der Waals surface area (Å²) in [5.41, 5.74) is 10.1. The van der Waals surface area contributed by atoms with Crippen LogP contribution in [0.15, 0.2) is 73.1 Å². The van der Waals surface area contributed by atoms with E-state index in [0.717, 1.165) is 22.2 Å². The van der Waals surface area contributed by atoms with Gasteiger partial charge in [0, 0.05) is 29.3 Å². The normalized spacial score (nSPS) is 12.0. The summed E-state index contributed by atoms with van der Waals surface area (Å²) in [6, 6.07) is 19.4. The van der Waals surface area contributed by atoms with Gasteiger partial charge in [0.05, 0.1) is 17.0 Å². The molecule has 27 heavy (non-hydrogen) atoms. The number of aromatic nitrogens is 3. The molecule has 0 fully saturated rings. The summed E-state index contributed by atoms with van der Waals surface area (Å²) in [5.74, 6) is -0.639. The Labute approximate surface area is 156 Å². The average Bonchev–Trinajstić information content (AvgIpc) is 2.73. The zero-order valence-electron chi connectivity index (χ0n) is 14.8. The van der Waals surface area contributed by atoms with E-state index in [-0.39, 0.29) is 5.92 Å². The summed E-state index contributed by atoms with van der Waals surface area (Å²) in [6.07, 6.45) is 3.51. The van der Waals surface area contributed by atoms with Gasteiger partial charge >= 0.3 is 0 Å². The minimum absolute atomic E-state index is 0.142. The van der Waals surface area contributed by atoms with E-state index in [1.165, 1.54) is 0 Å². The van der Waals surface area contributed by atoms with Crippen molar-refractivity contribution in [3.05, 3.63) is 89.9 Å². The predicted octanol–water partition coefficient (Wildman–Crippen LogP) is 3.94. The van der Waals surface area contributed by atoms with E-state index in [2.05, 4.69) is 15.0 Å². The van der Waals surface area contributed by atoms with Gasteiger partial charge in [-0.15, -0.1) is 0 Å². The highest BCUT2D eigenvalue weighted by molar-refractivity contribution is 5.97. The second kappa shape index (κ2) is 6.96. The molecular formula is C22H18N4O. The van der Waals surface area contributed by atoms with Gasteiger partial charge in [0.1, 0.15) is 0 Å². The Kier molecular flexibility index (Phi) is 4.34. The van der Waals surface area contributed by atoms with Crippen LogP contribution in [0.1, 0.15) is 34.5 Å². The van der Waals surface area contributed by atoms with E-state index >= 15 is 0 Å². The molecule has 0 bridgehead atoms. The summed E-state index contributed by atoms with van der Waals surface area (Å²) >= 11 is 0. The van der Waals surface area contributed by atoms with Crippen LogP contribution in [0.5, 0.6) is 0 Å². The van der Waals surface area contributed by atoms with Crippen LogP contribution in [0.3, 0.4) is 0 Å². The number of primary amides is 1. The number of benzene rings is 1. The van der Waals surface area contributed by atoms with E-state index in [9.17, 15) is 4.79 Å². The van der Waals surface area contributed by atoms with Crippen molar-refractivity contribution >= 4 is 16.9 Å². The number of carbonyl (C=O) groups excluding carboxylic acids is 1. The molecule has 4 rings (SSSR count). The zero-order valence-corrected chi connectivity index (χ0v) is 14.8. The first-order valence-corrected chi connectivity index (χ1v) is 8.70. The lowest BCUT2D eigenvalue weighted by Gasteiger charge is -2.15. The topological polar surface area (TPSA) is 81.8 Å². The first-order chi connectivity index (χ1) is 13.1. The fourth-order valence-corrected chi connectivity index (χ4v) is 3.15. The monoisotopic (exact) mass is 354 g/mol. The van der Waals surface area contributed by atoms with Crippen molar-refractivity contribution in [1.82, 2.24) is 15.0 Å². The summed E-state index contributed by atoms with van der Waals surface area (Å²) in [4.78, 5) is 25.5. The molecule has 1 unspecified atom stereocenters. The second-order valence-corrected chi connectivity index (χ2v) is 6.40. The van der Waals surface area contributed by atoms with Crippen LogP contribution in [0.2, 0.25) is 0 Å². The first kappa shape index (κ1) is 16.8. The number of amides is 1. The molecular weight excluding hydrogens is 336 g/mol. The Morgan fingerprint density at radius 1 is 1.00 bits per heavy atom. The van der Waals surface area contributed by atoms with Gasteiger partial charge in [-0.2, -0.15) is 0 Å². The number of hydrogen-bond donors (Lipinski definition) is 1. The lowest BCUT2D eigenvalue weighted by molar-refractivity contribution is 0.0999. The molecule has 1 amide bonds. The minimum Gasteiger partial charge on any atom is -0.366 e. The molecule has 3 heterocycles. The van der Waals surface area contributed by atoms with Gasteiger partial charge in [-0.05, 0) is 29.8 Å². The molecule has 0 aliphatic carbocycles. The fraction of sp³-hybridized carbons (Fsp3) is 0.0909. The number of rotatable bonds is 4. The van der Waals surface area contributed by atoms with Crippen molar-refractivity contribution < 1.29 is 4.79 Å². The van der Waals surface area contributed by atoms with Gasteiger partial charge in [-0.25, -0.2) is 9.97 Å². The highest BCUT2D eigenvalue weighted by atomic mass is 16.1. The molecule has 1 atom stereocenters. The smallest absolute Gasteiger partial charge is 0.250 e. The Morgan fingerprint density at radius 3 is 2.52 bits per heavy atom. The van der Waals surface area contributed by atoms with Crippen molar-refractivity contribution in [2.45, 2.75) is 12.8 Å². The lowest BCUT2D eigenvalue weighted by atomic mass is 9.94. The predicted molar refractivity (Wildman–Crippen MR) is 105 cm³/mol. The fourth-order valence-electron chi connectivity index (χ4n) is 3.15. The molecule has 0 saturated carbocycles. The Hall–Kier alpha value is -3.60. The van der Waals surface area contributed by atoms with Crippen LogP contribution in [0.25, 0.3) is 22.3 Å². The van der Waals surface area contributed by atoms with E-state index in [1.807, 2.05) is 67.7 Å². The van der Waals surface area contributed by atoms with Crippen LogP contribution in [0.4, 0.5) is 0 Å². The van der Waals surface area contributed by atoms with Crippen molar-refractivity contribution in [2.24, 2.45) is 5.73 Å². The molecule has 0 radical (unpaired) electrons. The number of hydrogen-bond acceptors (Lipinski definition) is 4. The van der Waals surface area contributed by atoms with Crippen LogP contribution >= 0.6 is 0 Å². The number of pyridine rings is 3. The molecule has 3 aromatic heterocycles. The van der Waals surface area contributed by atoms with Crippen molar-refractivity contribution in [1.29, 1.82) is 0 Å². The van der Waals surface area contributed by atoms with E-state index < -0.39 is 5.91 Å². The Morgan fingerprint density at radius 2 is 1.81 bits per heavy atom. The van der Waals surface area contributed by atoms with Gasteiger partial charge in [0.25, 0.3) is 5.91 Å². The number of fused-ring (bicyclic) bond motifs is 1. The Balaban J connectivity index is 1.75.